The Morgan fingerprint density at radius 1 is 1.33 bits per heavy atom. The number of aliphatic imine (C=N–C) groups is 1. The Morgan fingerprint density at radius 3 is 2.70 bits per heavy atom. The van der Waals surface area contributed by atoms with Crippen molar-refractivity contribution in [3.05, 3.63) is 18.0 Å². The van der Waals surface area contributed by atoms with Crippen molar-refractivity contribution in [2.45, 2.75) is 57.2 Å². The third kappa shape index (κ3) is 5.16. The smallest absolute Gasteiger partial charge is 0.194 e. The maximum absolute atomic E-state index is 12.8. The van der Waals surface area contributed by atoms with Crippen molar-refractivity contribution >= 4 is 39.8 Å². The molecule has 0 amide bonds. The van der Waals surface area contributed by atoms with Gasteiger partial charge in [0.25, 0.3) is 0 Å². The summed E-state index contributed by atoms with van der Waals surface area (Å²) in [6, 6.07) is 0. The topological polar surface area (TPSA) is 79.6 Å². The van der Waals surface area contributed by atoms with Crippen molar-refractivity contribution in [3.8, 4) is 0 Å². The Labute approximate surface area is 179 Å². The summed E-state index contributed by atoms with van der Waals surface area (Å²) < 4.78 is 26.9. The van der Waals surface area contributed by atoms with Gasteiger partial charge < -0.3 is 10.2 Å². The van der Waals surface area contributed by atoms with Crippen molar-refractivity contribution in [1.29, 1.82) is 0 Å². The number of nitrogens with zero attached hydrogens (tertiary/aromatic N) is 4. The summed E-state index contributed by atoms with van der Waals surface area (Å²) in [6.07, 6.45) is 8.60. The molecule has 2 aliphatic rings. The van der Waals surface area contributed by atoms with Crippen LogP contribution in [0.1, 0.15) is 44.6 Å². The van der Waals surface area contributed by atoms with E-state index in [9.17, 15) is 8.42 Å². The van der Waals surface area contributed by atoms with E-state index < -0.39 is 14.6 Å². The zero-order valence-electron chi connectivity index (χ0n) is 16.4. The molecule has 0 radical (unpaired) electrons. The molecule has 27 heavy (non-hydrogen) atoms. The minimum absolute atomic E-state index is 0. The van der Waals surface area contributed by atoms with Gasteiger partial charge in [-0.3, -0.25) is 9.67 Å². The summed E-state index contributed by atoms with van der Waals surface area (Å²) in [5.74, 6) is 1.06. The molecule has 7 nitrogen and oxygen atoms in total. The first-order valence-electron chi connectivity index (χ1n) is 9.70. The number of nitrogens with one attached hydrogen (secondary N) is 1. The molecule has 3 rings (SSSR count). The van der Waals surface area contributed by atoms with E-state index in [4.69, 9.17) is 4.99 Å². The maximum Gasteiger partial charge on any atom is 0.194 e. The second-order valence-corrected chi connectivity index (χ2v) is 10.0. The molecule has 2 heterocycles. The van der Waals surface area contributed by atoms with E-state index in [-0.39, 0.29) is 29.7 Å². The molecule has 1 N–H and O–H groups in total. The molecule has 1 aliphatic carbocycles. The van der Waals surface area contributed by atoms with Gasteiger partial charge in [-0.2, -0.15) is 5.10 Å². The van der Waals surface area contributed by atoms with E-state index in [0.29, 0.717) is 19.6 Å². The highest BCUT2D eigenvalue weighted by Crippen LogP contribution is 2.38. The normalized spacial score (nSPS) is 21.7. The summed E-state index contributed by atoms with van der Waals surface area (Å²) in [5.41, 5.74) is 1.14. The fraction of sp³-hybridized carbons (Fsp3) is 0.778. The van der Waals surface area contributed by atoms with Crippen LogP contribution in [-0.2, 0) is 16.4 Å². The van der Waals surface area contributed by atoms with E-state index in [2.05, 4.69) is 15.3 Å². The van der Waals surface area contributed by atoms with Crippen molar-refractivity contribution in [2.75, 3.05) is 31.9 Å². The van der Waals surface area contributed by atoms with Crippen LogP contribution < -0.4 is 5.32 Å². The van der Waals surface area contributed by atoms with Gasteiger partial charge in [0.15, 0.2) is 15.8 Å². The monoisotopic (exact) mass is 509 g/mol. The lowest BCUT2D eigenvalue weighted by atomic mass is 9.87. The Kier molecular flexibility index (Phi) is 7.96. The van der Waals surface area contributed by atoms with Crippen LogP contribution in [-0.4, -0.2) is 65.7 Å². The van der Waals surface area contributed by atoms with Gasteiger partial charge in [0.1, 0.15) is 0 Å². The Morgan fingerprint density at radius 2 is 2.07 bits per heavy atom. The standard InChI is InChI=1S/C18H31N5O2S.HI/c1-3-19-17(20-9-10-23-14-16(2)13-21-23)22-11-12-26(24,25)18(15-22)7-5-4-6-8-18;/h13-14H,3-12,15H2,1-2H3,(H,19,20);1H. The number of sulfone groups is 1. The van der Waals surface area contributed by atoms with Gasteiger partial charge >= 0.3 is 0 Å². The molecule has 1 saturated carbocycles. The Bertz CT molecular complexity index is 741. The third-order valence-electron chi connectivity index (χ3n) is 5.52. The molecule has 1 spiro atoms. The van der Waals surface area contributed by atoms with Crippen LogP contribution in [0.25, 0.3) is 0 Å². The predicted molar refractivity (Wildman–Crippen MR) is 120 cm³/mol. The van der Waals surface area contributed by atoms with E-state index in [1.807, 2.05) is 30.9 Å². The van der Waals surface area contributed by atoms with Crippen molar-refractivity contribution in [3.63, 3.8) is 0 Å². The fourth-order valence-electron chi connectivity index (χ4n) is 4.09. The average molecular weight is 509 g/mol. The highest BCUT2D eigenvalue weighted by atomic mass is 127. The number of guanidine groups is 1. The number of aryl methyl sites for hydroxylation is 1. The molecule has 1 saturated heterocycles. The highest BCUT2D eigenvalue weighted by molar-refractivity contribution is 14.0. The largest absolute Gasteiger partial charge is 0.357 e. The zero-order chi connectivity index (χ0) is 18.6. The summed E-state index contributed by atoms with van der Waals surface area (Å²) in [6.45, 7) is 7.28. The first-order valence-corrected chi connectivity index (χ1v) is 11.4. The van der Waals surface area contributed by atoms with Crippen molar-refractivity contribution < 1.29 is 8.42 Å². The average Bonchev–Trinajstić information content (AvgIpc) is 3.03. The molecular formula is C18H32IN5O2S. The van der Waals surface area contributed by atoms with E-state index >= 15 is 0 Å². The lowest BCUT2D eigenvalue weighted by molar-refractivity contribution is 0.274. The number of rotatable bonds is 4. The first-order chi connectivity index (χ1) is 12.5. The van der Waals surface area contributed by atoms with Crippen LogP contribution in [0.5, 0.6) is 0 Å². The van der Waals surface area contributed by atoms with Crippen LogP contribution in [0, 0.1) is 6.92 Å². The van der Waals surface area contributed by atoms with E-state index in [1.54, 1.807) is 0 Å². The molecule has 1 aliphatic heterocycles. The fourth-order valence-corrected chi connectivity index (χ4v) is 6.25. The van der Waals surface area contributed by atoms with Gasteiger partial charge in [-0.25, -0.2) is 8.42 Å². The quantitative estimate of drug-likeness (QED) is 0.383. The Balaban J connectivity index is 0.00000261. The van der Waals surface area contributed by atoms with Crippen LogP contribution in [0.4, 0.5) is 0 Å². The minimum atomic E-state index is -3.03. The lowest BCUT2D eigenvalue weighted by Gasteiger charge is -2.45. The first kappa shape index (κ1) is 22.4. The van der Waals surface area contributed by atoms with Gasteiger partial charge in [0, 0.05) is 25.8 Å². The molecule has 1 aromatic heterocycles. The van der Waals surface area contributed by atoms with Crippen LogP contribution >= 0.6 is 24.0 Å². The van der Waals surface area contributed by atoms with Crippen LogP contribution in [0.15, 0.2) is 17.4 Å². The molecule has 154 valence electrons. The lowest BCUT2D eigenvalue weighted by Crippen LogP contribution is -2.60. The molecule has 1 aromatic rings. The molecule has 0 bridgehead atoms. The second-order valence-electron chi connectivity index (χ2n) is 7.50. The molecule has 0 atom stereocenters. The molecule has 2 fully saturated rings. The molecule has 0 aromatic carbocycles. The SMILES string of the molecule is CCNC(=NCCn1cc(C)cn1)N1CCS(=O)(=O)C2(CCCCC2)C1.I. The highest BCUT2D eigenvalue weighted by Gasteiger charge is 2.48. The Hall–Kier alpha value is -0.840. The van der Waals surface area contributed by atoms with Crippen molar-refractivity contribution in [2.24, 2.45) is 4.99 Å². The third-order valence-corrected chi connectivity index (χ3v) is 8.10. The van der Waals surface area contributed by atoms with Gasteiger partial charge in [0.05, 0.1) is 29.8 Å². The van der Waals surface area contributed by atoms with E-state index in [0.717, 1.165) is 56.7 Å². The molecule has 9 heteroatoms. The number of aromatic nitrogens is 2. The van der Waals surface area contributed by atoms with E-state index in [1.165, 1.54) is 0 Å². The maximum atomic E-state index is 12.8. The van der Waals surface area contributed by atoms with Gasteiger partial charge in [0.2, 0.25) is 0 Å². The second kappa shape index (κ2) is 9.58. The van der Waals surface area contributed by atoms with Gasteiger partial charge in [-0.1, -0.05) is 19.3 Å². The number of halogens is 1. The number of hydrogen-bond donors (Lipinski definition) is 1. The minimum Gasteiger partial charge on any atom is -0.357 e. The summed E-state index contributed by atoms with van der Waals surface area (Å²) >= 11 is 0. The number of hydrogen-bond acceptors (Lipinski definition) is 4. The zero-order valence-corrected chi connectivity index (χ0v) is 19.5. The van der Waals surface area contributed by atoms with Crippen LogP contribution in [0.3, 0.4) is 0 Å². The van der Waals surface area contributed by atoms with Gasteiger partial charge in [-0.15, -0.1) is 24.0 Å². The predicted octanol–water partition coefficient (Wildman–Crippen LogP) is 2.21. The van der Waals surface area contributed by atoms with Crippen molar-refractivity contribution in [1.82, 2.24) is 20.0 Å². The summed E-state index contributed by atoms with van der Waals surface area (Å²) in [4.78, 5) is 6.90. The van der Waals surface area contributed by atoms with Gasteiger partial charge in [-0.05, 0) is 32.3 Å². The van der Waals surface area contributed by atoms with Crippen LogP contribution in [0.2, 0.25) is 0 Å². The molecular weight excluding hydrogens is 477 g/mol. The summed E-state index contributed by atoms with van der Waals surface area (Å²) in [7, 11) is -3.03. The summed E-state index contributed by atoms with van der Waals surface area (Å²) in [5, 5.41) is 7.64. The molecule has 0 unspecified atom stereocenters.